The molecule has 0 bridgehead atoms. The number of fused-ring (bicyclic) bond motifs is 1. The summed E-state index contributed by atoms with van der Waals surface area (Å²) in [5.41, 5.74) is 1.92. The van der Waals surface area contributed by atoms with E-state index in [1.54, 1.807) is 48.0 Å². The number of methoxy groups -OCH3 is 1. The second-order valence-electron chi connectivity index (χ2n) is 5.30. The molecule has 1 aromatic carbocycles. The van der Waals surface area contributed by atoms with Crippen molar-refractivity contribution >= 4 is 27.3 Å². The maximum absolute atomic E-state index is 12.5. The van der Waals surface area contributed by atoms with Crippen LogP contribution in [0.4, 0.5) is 0 Å². The van der Waals surface area contributed by atoms with E-state index < -0.39 is 10.0 Å². The zero-order chi connectivity index (χ0) is 17.3. The first kappa shape index (κ1) is 16.8. The summed E-state index contributed by atoms with van der Waals surface area (Å²) < 4.78 is 34.4. The Balaban J connectivity index is 1.81. The molecule has 0 amide bonds. The maximum atomic E-state index is 12.5. The molecule has 8 heteroatoms. The zero-order valence-corrected chi connectivity index (χ0v) is 14.7. The van der Waals surface area contributed by atoms with Crippen molar-refractivity contribution in [2.75, 3.05) is 7.11 Å². The topological polar surface area (TPSA) is 72.7 Å². The summed E-state index contributed by atoms with van der Waals surface area (Å²) in [6.45, 7) is 1.82. The van der Waals surface area contributed by atoms with Gasteiger partial charge in [0.25, 0.3) is 0 Å². The first-order valence-corrected chi connectivity index (χ1v) is 9.02. The predicted molar refractivity (Wildman–Crippen MR) is 92.0 cm³/mol. The molecule has 3 rings (SSSR count). The number of nitrogens with one attached hydrogen (secondary N) is 1. The summed E-state index contributed by atoms with van der Waals surface area (Å²) in [6.07, 6.45) is 3.46. The van der Waals surface area contributed by atoms with Gasteiger partial charge in [-0.2, -0.15) is 0 Å². The van der Waals surface area contributed by atoms with Gasteiger partial charge in [0.05, 0.1) is 29.3 Å². The molecule has 0 aliphatic rings. The van der Waals surface area contributed by atoms with Crippen molar-refractivity contribution in [1.82, 2.24) is 14.1 Å². The molecule has 0 aliphatic heterocycles. The summed E-state index contributed by atoms with van der Waals surface area (Å²) in [5.74, 6) is 0.615. The number of halogens is 1. The van der Waals surface area contributed by atoms with E-state index in [9.17, 15) is 8.42 Å². The monoisotopic (exact) mass is 365 g/mol. The minimum absolute atomic E-state index is 0.0904. The Labute approximate surface area is 145 Å². The van der Waals surface area contributed by atoms with E-state index in [-0.39, 0.29) is 11.4 Å². The lowest BCUT2D eigenvalue weighted by atomic mass is 10.2. The van der Waals surface area contributed by atoms with Crippen molar-refractivity contribution in [3.63, 3.8) is 0 Å². The first-order valence-electron chi connectivity index (χ1n) is 7.16. The van der Waals surface area contributed by atoms with Gasteiger partial charge < -0.3 is 9.14 Å². The fourth-order valence-electron chi connectivity index (χ4n) is 2.40. The number of aromatic nitrogens is 2. The quantitative estimate of drug-likeness (QED) is 0.754. The van der Waals surface area contributed by atoms with E-state index in [1.165, 1.54) is 13.2 Å². The Kier molecular flexibility index (Phi) is 4.49. The van der Waals surface area contributed by atoms with E-state index in [0.717, 1.165) is 0 Å². The lowest BCUT2D eigenvalue weighted by Crippen LogP contribution is -2.24. The summed E-state index contributed by atoms with van der Waals surface area (Å²) >= 11 is 5.93. The standard InChI is InChI=1S/C16H16ClN3O3S/c1-11-7-14(23-2)4-5-15(11)24(21,22)18-8-13-10-20-9-12(17)3-6-16(20)19-13/h3-7,9-10,18H,8H2,1-2H3. The molecule has 3 aromatic rings. The summed E-state index contributed by atoms with van der Waals surface area (Å²) in [4.78, 5) is 4.58. The van der Waals surface area contributed by atoms with Crippen LogP contribution in [-0.4, -0.2) is 24.9 Å². The van der Waals surface area contributed by atoms with E-state index >= 15 is 0 Å². The Morgan fingerprint density at radius 1 is 1.25 bits per heavy atom. The molecule has 2 heterocycles. The second-order valence-corrected chi connectivity index (χ2v) is 7.47. The van der Waals surface area contributed by atoms with Gasteiger partial charge in [-0.3, -0.25) is 0 Å². The van der Waals surface area contributed by atoms with Crippen LogP contribution in [-0.2, 0) is 16.6 Å². The third kappa shape index (κ3) is 3.38. The van der Waals surface area contributed by atoms with Gasteiger partial charge in [-0.15, -0.1) is 0 Å². The van der Waals surface area contributed by atoms with Crippen LogP contribution in [0, 0.1) is 6.92 Å². The summed E-state index contributed by atoms with van der Waals surface area (Å²) in [5, 5.41) is 0.584. The summed E-state index contributed by atoms with van der Waals surface area (Å²) in [6, 6.07) is 8.34. The molecule has 0 aliphatic carbocycles. The van der Waals surface area contributed by atoms with Gasteiger partial charge in [-0.05, 0) is 42.8 Å². The van der Waals surface area contributed by atoms with Gasteiger partial charge in [0.15, 0.2) is 0 Å². The highest BCUT2D eigenvalue weighted by Crippen LogP contribution is 2.21. The Bertz CT molecular complexity index is 999. The molecule has 24 heavy (non-hydrogen) atoms. The fourth-order valence-corrected chi connectivity index (χ4v) is 3.79. The van der Waals surface area contributed by atoms with Gasteiger partial charge in [0.1, 0.15) is 11.4 Å². The normalized spacial score (nSPS) is 11.8. The summed E-state index contributed by atoms with van der Waals surface area (Å²) in [7, 11) is -2.10. The largest absolute Gasteiger partial charge is 0.497 e. The average Bonchev–Trinajstić information content (AvgIpc) is 2.94. The SMILES string of the molecule is COc1ccc(S(=O)(=O)NCc2cn3cc(Cl)ccc3n2)c(C)c1. The van der Waals surface area contributed by atoms with Crippen molar-refractivity contribution in [2.45, 2.75) is 18.4 Å². The molecule has 126 valence electrons. The van der Waals surface area contributed by atoms with Crippen molar-refractivity contribution in [3.05, 3.63) is 59.0 Å². The smallest absolute Gasteiger partial charge is 0.241 e. The van der Waals surface area contributed by atoms with Crippen molar-refractivity contribution in [1.29, 1.82) is 0 Å². The molecular weight excluding hydrogens is 350 g/mol. The lowest BCUT2D eigenvalue weighted by molar-refractivity contribution is 0.414. The van der Waals surface area contributed by atoms with Crippen molar-refractivity contribution < 1.29 is 13.2 Å². The number of hydrogen-bond donors (Lipinski definition) is 1. The highest BCUT2D eigenvalue weighted by Gasteiger charge is 2.17. The molecule has 0 saturated heterocycles. The third-order valence-electron chi connectivity index (χ3n) is 3.58. The number of sulfonamides is 1. The van der Waals surface area contributed by atoms with Crippen LogP contribution in [0.1, 0.15) is 11.3 Å². The van der Waals surface area contributed by atoms with Crippen LogP contribution >= 0.6 is 11.6 Å². The number of imidazole rings is 1. The van der Waals surface area contributed by atoms with Gasteiger partial charge in [0.2, 0.25) is 10.0 Å². The minimum atomic E-state index is -3.64. The van der Waals surface area contributed by atoms with Gasteiger partial charge in [-0.1, -0.05) is 11.6 Å². The fraction of sp³-hybridized carbons (Fsp3) is 0.188. The molecule has 0 atom stereocenters. The number of benzene rings is 1. The number of hydrogen-bond acceptors (Lipinski definition) is 4. The maximum Gasteiger partial charge on any atom is 0.241 e. The molecule has 0 fully saturated rings. The highest BCUT2D eigenvalue weighted by molar-refractivity contribution is 7.89. The molecule has 2 aromatic heterocycles. The predicted octanol–water partition coefficient (Wildman–Crippen LogP) is 2.78. The molecular formula is C16H16ClN3O3S. The lowest BCUT2D eigenvalue weighted by Gasteiger charge is -2.09. The molecule has 1 N–H and O–H groups in total. The van der Waals surface area contributed by atoms with Gasteiger partial charge in [0, 0.05) is 12.4 Å². The number of pyridine rings is 1. The Morgan fingerprint density at radius 2 is 2.04 bits per heavy atom. The van der Waals surface area contributed by atoms with E-state index in [2.05, 4.69) is 9.71 Å². The van der Waals surface area contributed by atoms with Crippen molar-refractivity contribution in [3.8, 4) is 5.75 Å². The Hall–Kier alpha value is -2.09. The van der Waals surface area contributed by atoms with Gasteiger partial charge in [-0.25, -0.2) is 18.1 Å². The molecule has 0 spiro atoms. The number of rotatable bonds is 5. The van der Waals surface area contributed by atoms with Crippen LogP contribution in [0.3, 0.4) is 0 Å². The highest BCUT2D eigenvalue weighted by atomic mass is 35.5. The van der Waals surface area contributed by atoms with Gasteiger partial charge >= 0.3 is 0 Å². The second kappa shape index (κ2) is 6.43. The van der Waals surface area contributed by atoms with E-state index in [1.807, 2.05) is 0 Å². The number of aryl methyl sites for hydroxylation is 1. The van der Waals surface area contributed by atoms with Crippen molar-refractivity contribution in [2.24, 2.45) is 0 Å². The molecule has 0 unspecified atom stereocenters. The van der Waals surface area contributed by atoms with Crippen LogP contribution in [0.15, 0.2) is 47.6 Å². The zero-order valence-electron chi connectivity index (χ0n) is 13.2. The van der Waals surface area contributed by atoms with Crippen LogP contribution < -0.4 is 9.46 Å². The molecule has 6 nitrogen and oxygen atoms in total. The van der Waals surface area contributed by atoms with Crippen LogP contribution in [0.5, 0.6) is 5.75 Å². The van der Waals surface area contributed by atoms with Crippen LogP contribution in [0.25, 0.3) is 5.65 Å². The number of ether oxygens (including phenoxy) is 1. The van der Waals surface area contributed by atoms with Crippen LogP contribution in [0.2, 0.25) is 5.02 Å². The molecule has 0 radical (unpaired) electrons. The first-order chi connectivity index (χ1) is 11.4. The number of nitrogens with zero attached hydrogens (tertiary/aromatic N) is 2. The third-order valence-corrected chi connectivity index (χ3v) is 5.36. The van der Waals surface area contributed by atoms with E-state index in [0.29, 0.717) is 27.7 Å². The molecule has 0 saturated carbocycles. The average molecular weight is 366 g/mol. The van der Waals surface area contributed by atoms with E-state index in [4.69, 9.17) is 16.3 Å². The Morgan fingerprint density at radius 3 is 2.75 bits per heavy atom. The minimum Gasteiger partial charge on any atom is -0.497 e.